The van der Waals surface area contributed by atoms with E-state index in [1.807, 2.05) is 28.9 Å². The highest BCUT2D eigenvalue weighted by molar-refractivity contribution is 6.30. The van der Waals surface area contributed by atoms with Crippen molar-refractivity contribution in [1.29, 1.82) is 0 Å². The molecule has 0 saturated heterocycles. The maximum atomic E-state index is 5.90. The average molecular weight is 330 g/mol. The fourth-order valence-corrected chi connectivity index (χ4v) is 2.90. The molecule has 0 radical (unpaired) electrons. The Balaban J connectivity index is 1.38. The Labute approximate surface area is 138 Å². The summed E-state index contributed by atoms with van der Waals surface area (Å²) < 4.78 is 7.76. The number of nitrogens with zero attached hydrogens (tertiary/aromatic N) is 4. The van der Waals surface area contributed by atoms with Gasteiger partial charge in [-0.2, -0.15) is 5.10 Å². The number of rotatable bonds is 4. The molecule has 2 aromatic heterocycles. The molecular formula is C16H16ClN5O. The molecule has 6 nitrogen and oxygen atoms in total. The van der Waals surface area contributed by atoms with E-state index in [1.54, 1.807) is 12.5 Å². The topological polar surface area (TPSA) is 68.8 Å². The van der Waals surface area contributed by atoms with Gasteiger partial charge in [-0.05, 0) is 30.7 Å². The van der Waals surface area contributed by atoms with Crippen LogP contribution in [0.15, 0.2) is 41.2 Å². The molecule has 7 heteroatoms. The number of hydrogen-bond donors (Lipinski definition) is 1. The molecule has 0 saturated carbocycles. The van der Waals surface area contributed by atoms with Crippen LogP contribution in [0.1, 0.15) is 18.1 Å². The van der Waals surface area contributed by atoms with Crippen molar-refractivity contribution in [3.05, 3.63) is 53.5 Å². The van der Waals surface area contributed by atoms with E-state index >= 15 is 0 Å². The summed E-state index contributed by atoms with van der Waals surface area (Å²) in [4.78, 5) is 8.57. The van der Waals surface area contributed by atoms with Crippen LogP contribution in [0.25, 0.3) is 11.3 Å². The normalized spacial score (nSPS) is 17.2. The van der Waals surface area contributed by atoms with Gasteiger partial charge in [0.2, 0.25) is 5.89 Å². The van der Waals surface area contributed by atoms with Gasteiger partial charge >= 0.3 is 0 Å². The van der Waals surface area contributed by atoms with Crippen molar-refractivity contribution in [3.8, 4) is 11.3 Å². The highest BCUT2D eigenvalue weighted by atomic mass is 35.5. The fraction of sp³-hybridized carbons (Fsp3) is 0.312. The third kappa shape index (κ3) is 3.13. The Morgan fingerprint density at radius 3 is 3.00 bits per heavy atom. The maximum Gasteiger partial charge on any atom is 0.208 e. The van der Waals surface area contributed by atoms with Gasteiger partial charge in [0.05, 0.1) is 19.3 Å². The predicted molar refractivity (Wildman–Crippen MR) is 85.9 cm³/mol. The van der Waals surface area contributed by atoms with Crippen LogP contribution in [0.5, 0.6) is 0 Å². The molecular weight excluding hydrogens is 314 g/mol. The number of oxazole rings is 1. The first-order valence-electron chi connectivity index (χ1n) is 7.58. The second kappa shape index (κ2) is 6.14. The monoisotopic (exact) mass is 329 g/mol. The minimum Gasteiger partial charge on any atom is -0.439 e. The molecule has 1 unspecified atom stereocenters. The lowest BCUT2D eigenvalue weighted by atomic mass is 10.1. The fourth-order valence-electron chi connectivity index (χ4n) is 2.78. The van der Waals surface area contributed by atoms with Crippen molar-refractivity contribution in [2.75, 3.05) is 0 Å². The first-order valence-corrected chi connectivity index (χ1v) is 7.96. The molecule has 0 spiro atoms. The molecule has 1 aromatic carbocycles. The maximum absolute atomic E-state index is 5.90. The van der Waals surface area contributed by atoms with Crippen LogP contribution in [-0.4, -0.2) is 25.8 Å². The number of nitrogens with one attached hydrogen (secondary N) is 1. The van der Waals surface area contributed by atoms with Gasteiger partial charge in [-0.15, -0.1) is 0 Å². The average Bonchev–Trinajstić information content (AvgIpc) is 3.22. The van der Waals surface area contributed by atoms with Crippen molar-refractivity contribution in [2.24, 2.45) is 0 Å². The van der Waals surface area contributed by atoms with E-state index < -0.39 is 0 Å². The van der Waals surface area contributed by atoms with E-state index in [4.69, 9.17) is 16.0 Å². The molecule has 0 fully saturated rings. The van der Waals surface area contributed by atoms with Crippen molar-refractivity contribution in [2.45, 2.75) is 32.0 Å². The van der Waals surface area contributed by atoms with Crippen molar-refractivity contribution < 1.29 is 4.42 Å². The lowest BCUT2D eigenvalue weighted by Gasteiger charge is -2.22. The third-order valence-electron chi connectivity index (χ3n) is 4.03. The van der Waals surface area contributed by atoms with Crippen LogP contribution in [-0.2, 0) is 19.5 Å². The summed E-state index contributed by atoms with van der Waals surface area (Å²) in [7, 11) is 0. The van der Waals surface area contributed by atoms with Gasteiger partial charge in [0, 0.05) is 23.0 Å². The van der Waals surface area contributed by atoms with Crippen LogP contribution in [0.2, 0.25) is 5.02 Å². The molecule has 1 aliphatic rings. The molecule has 0 bridgehead atoms. The summed E-state index contributed by atoms with van der Waals surface area (Å²) in [6, 6.07) is 7.89. The number of fused-ring (bicyclic) bond motifs is 1. The Morgan fingerprint density at radius 1 is 1.26 bits per heavy atom. The number of benzene rings is 1. The van der Waals surface area contributed by atoms with Crippen LogP contribution in [0.3, 0.4) is 0 Å². The smallest absolute Gasteiger partial charge is 0.208 e. The Morgan fingerprint density at radius 2 is 2.13 bits per heavy atom. The van der Waals surface area contributed by atoms with E-state index in [0.717, 1.165) is 36.5 Å². The lowest BCUT2D eigenvalue weighted by molar-refractivity contribution is 0.342. The highest BCUT2D eigenvalue weighted by Gasteiger charge is 2.19. The van der Waals surface area contributed by atoms with Crippen molar-refractivity contribution in [3.63, 3.8) is 0 Å². The Bertz CT molecular complexity index is 795. The Hall–Kier alpha value is -2.18. The molecule has 118 valence electrons. The van der Waals surface area contributed by atoms with E-state index in [1.165, 1.54) is 0 Å². The summed E-state index contributed by atoms with van der Waals surface area (Å²) in [5.41, 5.74) is 0.970. The van der Waals surface area contributed by atoms with Gasteiger partial charge in [0.25, 0.3) is 0 Å². The van der Waals surface area contributed by atoms with Gasteiger partial charge < -0.3 is 9.73 Å². The zero-order chi connectivity index (χ0) is 15.6. The Kier molecular flexibility index (Phi) is 3.85. The minimum atomic E-state index is 0.357. The van der Waals surface area contributed by atoms with Gasteiger partial charge in [0.1, 0.15) is 12.2 Å². The summed E-state index contributed by atoms with van der Waals surface area (Å²) in [6.07, 6.45) is 5.35. The minimum absolute atomic E-state index is 0.357. The summed E-state index contributed by atoms with van der Waals surface area (Å²) in [6.45, 7) is 1.43. The van der Waals surface area contributed by atoms with Gasteiger partial charge in [-0.25, -0.2) is 14.6 Å². The molecule has 1 N–H and O–H groups in total. The van der Waals surface area contributed by atoms with E-state index in [-0.39, 0.29) is 0 Å². The molecule has 23 heavy (non-hydrogen) atoms. The van der Waals surface area contributed by atoms with E-state index in [9.17, 15) is 0 Å². The van der Waals surface area contributed by atoms with Gasteiger partial charge in [-0.3, -0.25) is 0 Å². The SMILES string of the molecule is Clc1ccc(-c2cnc(CNC3CCc4ncnn4C3)o2)cc1. The standard InChI is InChI=1S/C16H16ClN5O/c17-12-3-1-11(2-4-12)14-7-19-16(23-14)8-18-13-5-6-15-20-10-21-22(15)9-13/h1-4,7,10,13,18H,5-6,8-9H2. The predicted octanol–water partition coefficient (Wildman–Crippen LogP) is 2.69. The van der Waals surface area contributed by atoms with Gasteiger partial charge in [-0.1, -0.05) is 11.6 Å². The van der Waals surface area contributed by atoms with Gasteiger partial charge in [0.15, 0.2) is 5.76 Å². The molecule has 0 amide bonds. The molecule has 4 rings (SSSR count). The van der Waals surface area contributed by atoms with Crippen LogP contribution in [0.4, 0.5) is 0 Å². The number of halogens is 1. The van der Waals surface area contributed by atoms with Crippen molar-refractivity contribution in [1.82, 2.24) is 25.1 Å². The van der Waals surface area contributed by atoms with Crippen LogP contribution >= 0.6 is 11.6 Å². The zero-order valence-corrected chi connectivity index (χ0v) is 13.2. The lowest BCUT2D eigenvalue weighted by Crippen LogP contribution is -2.37. The molecule has 3 aromatic rings. The van der Waals surface area contributed by atoms with E-state index in [0.29, 0.717) is 23.5 Å². The number of aromatic nitrogens is 4. The largest absolute Gasteiger partial charge is 0.439 e. The number of hydrogen-bond acceptors (Lipinski definition) is 5. The second-order valence-corrected chi connectivity index (χ2v) is 6.04. The molecule has 3 heterocycles. The first-order chi connectivity index (χ1) is 11.3. The summed E-state index contributed by atoms with van der Waals surface area (Å²) in [5, 5.41) is 8.41. The summed E-state index contributed by atoms with van der Waals surface area (Å²) in [5.74, 6) is 2.49. The quantitative estimate of drug-likeness (QED) is 0.797. The highest BCUT2D eigenvalue weighted by Crippen LogP contribution is 2.22. The van der Waals surface area contributed by atoms with E-state index in [2.05, 4.69) is 20.4 Å². The van der Waals surface area contributed by atoms with Crippen LogP contribution < -0.4 is 5.32 Å². The summed E-state index contributed by atoms with van der Waals surface area (Å²) >= 11 is 5.90. The first kappa shape index (κ1) is 14.4. The molecule has 1 aliphatic heterocycles. The number of aryl methyl sites for hydroxylation is 1. The second-order valence-electron chi connectivity index (χ2n) is 5.60. The third-order valence-corrected chi connectivity index (χ3v) is 4.28. The zero-order valence-electron chi connectivity index (χ0n) is 12.4. The van der Waals surface area contributed by atoms with Crippen molar-refractivity contribution >= 4 is 11.6 Å². The molecule has 1 atom stereocenters. The van der Waals surface area contributed by atoms with Crippen LogP contribution in [0, 0.1) is 0 Å². The molecule has 0 aliphatic carbocycles.